The standard InChI is InChI=1S/C10H16O3S/c1-10(2,3)8-6-5-7-9-13-14(4,11)12/h5,7H,9H2,1-4H3. The fourth-order valence-corrected chi connectivity index (χ4v) is 0.854. The quantitative estimate of drug-likeness (QED) is 0.531. The van der Waals surface area contributed by atoms with Crippen LogP contribution in [0.1, 0.15) is 20.8 Å². The highest BCUT2D eigenvalue weighted by molar-refractivity contribution is 7.85. The zero-order valence-corrected chi connectivity index (χ0v) is 9.81. The molecule has 0 unspecified atom stereocenters. The minimum atomic E-state index is -3.34. The molecule has 0 saturated carbocycles. The van der Waals surface area contributed by atoms with Crippen LogP contribution in [-0.2, 0) is 14.3 Å². The SMILES string of the molecule is CC(C)(C)C#CC=CCOS(C)(=O)=O. The van der Waals surface area contributed by atoms with E-state index < -0.39 is 10.1 Å². The van der Waals surface area contributed by atoms with E-state index in [0.717, 1.165) is 6.26 Å². The topological polar surface area (TPSA) is 43.4 Å². The lowest BCUT2D eigenvalue weighted by molar-refractivity contribution is 0.361. The Bertz CT molecular complexity index is 347. The van der Waals surface area contributed by atoms with Crippen LogP contribution < -0.4 is 0 Å². The van der Waals surface area contributed by atoms with E-state index in [2.05, 4.69) is 16.0 Å². The van der Waals surface area contributed by atoms with E-state index in [1.54, 1.807) is 12.2 Å². The Hall–Kier alpha value is -0.790. The minimum absolute atomic E-state index is 0.0393. The van der Waals surface area contributed by atoms with Gasteiger partial charge in [-0.15, -0.1) is 0 Å². The summed E-state index contributed by atoms with van der Waals surface area (Å²) in [7, 11) is -3.34. The molecule has 0 radical (unpaired) electrons. The molecule has 0 aromatic rings. The summed E-state index contributed by atoms with van der Waals surface area (Å²) in [5.74, 6) is 5.78. The van der Waals surface area contributed by atoms with E-state index in [-0.39, 0.29) is 12.0 Å². The largest absolute Gasteiger partial charge is 0.266 e. The van der Waals surface area contributed by atoms with E-state index in [1.807, 2.05) is 20.8 Å². The summed E-state index contributed by atoms with van der Waals surface area (Å²) in [6.45, 7) is 6.04. The first-order valence-corrected chi connectivity index (χ1v) is 6.04. The Morgan fingerprint density at radius 1 is 1.36 bits per heavy atom. The van der Waals surface area contributed by atoms with Crippen molar-refractivity contribution >= 4 is 10.1 Å². The molecule has 0 aliphatic heterocycles. The van der Waals surface area contributed by atoms with E-state index in [1.165, 1.54) is 0 Å². The second-order valence-corrected chi connectivity index (χ2v) is 5.55. The van der Waals surface area contributed by atoms with E-state index in [4.69, 9.17) is 0 Å². The first-order chi connectivity index (χ1) is 6.21. The maximum Gasteiger partial charge on any atom is 0.264 e. The fraction of sp³-hybridized carbons (Fsp3) is 0.600. The molecular formula is C10H16O3S. The van der Waals surface area contributed by atoms with Crippen molar-refractivity contribution < 1.29 is 12.6 Å². The van der Waals surface area contributed by atoms with Crippen LogP contribution in [0.5, 0.6) is 0 Å². The van der Waals surface area contributed by atoms with Gasteiger partial charge in [-0.05, 0) is 32.9 Å². The molecule has 4 heteroatoms. The third kappa shape index (κ3) is 11.2. The predicted molar refractivity (Wildman–Crippen MR) is 57.2 cm³/mol. The maximum absolute atomic E-state index is 10.5. The second kappa shape index (κ2) is 5.18. The van der Waals surface area contributed by atoms with Crippen molar-refractivity contribution in [3.05, 3.63) is 12.2 Å². The van der Waals surface area contributed by atoms with Crippen molar-refractivity contribution in [2.45, 2.75) is 20.8 Å². The molecule has 0 aromatic carbocycles. The monoisotopic (exact) mass is 216 g/mol. The van der Waals surface area contributed by atoms with Gasteiger partial charge in [0.1, 0.15) is 0 Å². The van der Waals surface area contributed by atoms with Crippen LogP contribution in [0.2, 0.25) is 0 Å². The summed E-state index contributed by atoms with van der Waals surface area (Å²) < 4.78 is 25.5. The van der Waals surface area contributed by atoms with Gasteiger partial charge in [0.25, 0.3) is 10.1 Å². The zero-order valence-electron chi connectivity index (χ0n) is 8.99. The van der Waals surface area contributed by atoms with Crippen molar-refractivity contribution in [3.63, 3.8) is 0 Å². The van der Waals surface area contributed by atoms with Gasteiger partial charge in [-0.1, -0.05) is 11.8 Å². The Labute approximate surface area is 86.3 Å². The van der Waals surface area contributed by atoms with E-state index in [0.29, 0.717) is 0 Å². The first-order valence-electron chi connectivity index (χ1n) is 4.23. The van der Waals surface area contributed by atoms with Gasteiger partial charge < -0.3 is 0 Å². The molecule has 14 heavy (non-hydrogen) atoms. The van der Waals surface area contributed by atoms with Crippen LogP contribution in [0.4, 0.5) is 0 Å². The molecule has 0 aromatic heterocycles. The van der Waals surface area contributed by atoms with Crippen molar-refractivity contribution in [1.29, 1.82) is 0 Å². The smallest absolute Gasteiger partial charge is 0.264 e. The van der Waals surface area contributed by atoms with Crippen molar-refractivity contribution in [2.24, 2.45) is 5.41 Å². The molecule has 0 N–H and O–H groups in total. The van der Waals surface area contributed by atoms with Gasteiger partial charge in [0.2, 0.25) is 0 Å². The lowest BCUT2D eigenvalue weighted by Gasteiger charge is -2.05. The zero-order chi connectivity index (χ0) is 11.2. The first kappa shape index (κ1) is 13.2. The van der Waals surface area contributed by atoms with E-state index >= 15 is 0 Å². The third-order valence-corrected chi connectivity index (χ3v) is 1.59. The normalized spacial score (nSPS) is 12.6. The van der Waals surface area contributed by atoms with Gasteiger partial charge in [-0.3, -0.25) is 4.18 Å². The Morgan fingerprint density at radius 3 is 2.36 bits per heavy atom. The Balaban J connectivity index is 3.92. The summed E-state index contributed by atoms with van der Waals surface area (Å²) in [6.07, 6.45) is 4.18. The number of rotatable bonds is 3. The van der Waals surface area contributed by atoms with Crippen molar-refractivity contribution in [3.8, 4) is 11.8 Å². The molecule has 0 bridgehead atoms. The average molecular weight is 216 g/mol. The number of hydrogen-bond donors (Lipinski definition) is 0. The Kier molecular flexibility index (Phi) is 4.89. The molecule has 0 rings (SSSR count). The summed E-state index contributed by atoms with van der Waals surface area (Å²) in [4.78, 5) is 0. The molecule has 0 fully saturated rings. The summed E-state index contributed by atoms with van der Waals surface area (Å²) >= 11 is 0. The number of hydrogen-bond acceptors (Lipinski definition) is 3. The van der Waals surface area contributed by atoms with Crippen LogP contribution in [0.15, 0.2) is 12.2 Å². The predicted octanol–water partition coefficient (Wildman–Crippen LogP) is 1.57. The third-order valence-electron chi connectivity index (χ3n) is 1.03. The molecular weight excluding hydrogens is 200 g/mol. The highest BCUT2D eigenvalue weighted by Gasteiger charge is 2.02. The Morgan fingerprint density at radius 2 is 1.93 bits per heavy atom. The molecule has 0 amide bonds. The van der Waals surface area contributed by atoms with Crippen molar-refractivity contribution in [2.75, 3.05) is 12.9 Å². The maximum atomic E-state index is 10.5. The molecule has 0 saturated heterocycles. The fourth-order valence-electron chi connectivity index (χ4n) is 0.528. The van der Waals surface area contributed by atoms with Gasteiger partial charge in [0, 0.05) is 5.41 Å². The van der Waals surface area contributed by atoms with E-state index in [9.17, 15) is 8.42 Å². The average Bonchev–Trinajstić information content (AvgIpc) is 1.92. The molecule has 0 heterocycles. The molecule has 0 aliphatic rings. The molecule has 0 atom stereocenters. The lowest BCUT2D eigenvalue weighted by Crippen LogP contribution is -2.01. The summed E-state index contributed by atoms with van der Waals surface area (Å²) in [5.41, 5.74) is -0.0397. The summed E-state index contributed by atoms with van der Waals surface area (Å²) in [6, 6.07) is 0. The number of allylic oxidation sites excluding steroid dienone is 1. The lowest BCUT2D eigenvalue weighted by atomic mass is 9.98. The van der Waals surface area contributed by atoms with Gasteiger partial charge in [-0.2, -0.15) is 8.42 Å². The highest BCUT2D eigenvalue weighted by Crippen LogP contribution is 2.09. The van der Waals surface area contributed by atoms with Crippen LogP contribution in [-0.4, -0.2) is 21.3 Å². The molecule has 0 spiro atoms. The second-order valence-electron chi connectivity index (χ2n) is 3.91. The molecule has 3 nitrogen and oxygen atoms in total. The van der Waals surface area contributed by atoms with Crippen LogP contribution in [0, 0.1) is 17.3 Å². The van der Waals surface area contributed by atoms with Gasteiger partial charge in [0.05, 0.1) is 12.9 Å². The molecule has 0 aliphatic carbocycles. The van der Waals surface area contributed by atoms with Gasteiger partial charge in [0.15, 0.2) is 0 Å². The molecule has 80 valence electrons. The van der Waals surface area contributed by atoms with Crippen molar-refractivity contribution in [1.82, 2.24) is 0 Å². The summed E-state index contributed by atoms with van der Waals surface area (Å²) in [5, 5.41) is 0. The highest BCUT2D eigenvalue weighted by atomic mass is 32.2. The van der Waals surface area contributed by atoms with Gasteiger partial charge >= 0.3 is 0 Å². The van der Waals surface area contributed by atoms with Crippen LogP contribution in [0.3, 0.4) is 0 Å². The van der Waals surface area contributed by atoms with Gasteiger partial charge in [-0.25, -0.2) is 0 Å². The van der Waals surface area contributed by atoms with Crippen LogP contribution >= 0.6 is 0 Å². The minimum Gasteiger partial charge on any atom is -0.266 e. The van der Waals surface area contributed by atoms with Crippen LogP contribution in [0.25, 0.3) is 0 Å².